The molecule has 0 saturated carbocycles. The van der Waals surface area contributed by atoms with Gasteiger partial charge in [0.25, 0.3) is 0 Å². The third kappa shape index (κ3) is 2.60. The average Bonchev–Trinajstić information content (AvgIpc) is 2.70. The highest BCUT2D eigenvalue weighted by Gasteiger charge is 2.29. The van der Waals surface area contributed by atoms with Crippen LogP contribution in [0.25, 0.3) is 0 Å². The second kappa shape index (κ2) is 4.05. The molecule has 0 fully saturated rings. The fourth-order valence-corrected chi connectivity index (χ4v) is 1.83. The van der Waals surface area contributed by atoms with Gasteiger partial charge in [0.2, 0.25) is 0 Å². The molecule has 2 heterocycles. The van der Waals surface area contributed by atoms with E-state index in [2.05, 4.69) is 5.10 Å². The molecule has 94 valence electrons. The minimum atomic E-state index is -0.444. The molecule has 0 aromatic carbocycles. The Morgan fingerprint density at radius 3 is 2.71 bits per heavy atom. The lowest BCUT2D eigenvalue weighted by Gasteiger charge is -2.24. The fourth-order valence-electron chi connectivity index (χ4n) is 1.83. The molecule has 0 unspecified atom stereocenters. The highest BCUT2D eigenvalue weighted by molar-refractivity contribution is 5.69. The zero-order valence-corrected chi connectivity index (χ0v) is 10.9. The van der Waals surface area contributed by atoms with E-state index in [1.165, 1.54) is 0 Å². The molecule has 1 aliphatic rings. The molecule has 1 aromatic rings. The number of fused-ring (bicyclic) bond motifs is 1. The van der Waals surface area contributed by atoms with Gasteiger partial charge in [0.1, 0.15) is 5.60 Å². The van der Waals surface area contributed by atoms with E-state index in [0.29, 0.717) is 13.1 Å². The average molecular weight is 237 g/mol. The molecule has 0 aliphatic carbocycles. The molecule has 0 N–H and O–H groups in total. The molecule has 1 aromatic heterocycles. The highest BCUT2D eigenvalue weighted by atomic mass is 16.6. The summed E-state index contributed by atoms with van der Waals surface area (Å²) in [5.74, 6) is 0. The summed E-state index contributed by atoms with van der Waals surface area (Å²) in [6.07, 6.45) is 1.73. The summed E-state index contributed by atoms with van der Waals surface area (Å²) in [4.78, 5) is 13.5. The van der Waals surface area contributed by atoms with E-state index in [4.69, 9.17) is 4.74 Å². The van der Waals surface area contributed by atoms with Crippen molar-refractivity contribution in [2.45, 2.75) is 52.9 Å². The zero-order chi connectivity index (χ0) is 12.6. The summed E-state index contributed by atoms with van der Waals surface area (Å²) < 4.78 is 7.23. The smallest absolute Gasteiger partial charge is 0.410 e. The molecular weight excluding hydrogens is 218 g/mol. The minimum absolute atomic E-state index is 0.265. The van der Waals surface area contributed by atoms with Crippen molar-refractivity contribution in [3.8, 4) is 0 Å². The Labute approximate surface area is 101 Å². The van der Waals surface area contributed by atoms with Crippen molar-refractivity contribution >= 4 is 6.09 Å². The first kappa shape index (κ1) is 12.0. The van der Waals surface area contributed by atoms with E-state index in [1.54, 1.807) is 4.90 Å². The molecule has 5 nitrogen and oxygen atoms in total. The monoisotopic (exact) mass is 237 g/mol. The number of rotatable bonds is 1. The largest absolute Gasteiger partial charge is 0.444 e. The van der Waals surface area contributed by atoms with Crippen molar-refractivity contribution in [1.82, 2.24) is 14.7 Å². The van der Waals surface area contributed by atoms with Crippen LogP contribution in [0.1, 0.15) is 39.0 Å². The van der Waals surface area contributed by atoms with Crippen molar-refractivity contribution in [2.75, 3.05) is 0 Å². The highest BCUT2D eigenvalue weighted by Crippen LogP contribution is 2.23. The van der Waals surface area contributed by atoms with Gasteiger partial charge in [-0.3, -0.25) is 9.58 Å². The Kier molecular flexibility index (Phi) is 2.85. The first-order chi connectivity index (χ1) is 7.89. The van der Waals surface area contributed by atoms with Gasteiger partial charge in [-0.25, -0.2) is 4.79 Å². The predicted octanol–water partition coefficient (Wildman–Crippen LogP) is 2.15. The summed E-state index contributed by atoms with van der Waals surface area (Å²) in [5, 5.41) is 4.41. The number of hydrogen-bond acceptors (Lipinski definition) is 3. The maximum Gasteiger partial charge on any atom is 0.410 e. The number of hydrogen-bond donors (Lipinski definition) is 0. The first-order valence-electron chi connectivity index (χ1n) is 5.92. The molecule has 1 amide bonds. The molecule has 0 bridgehead atoms. The van der Waals surface area contributed by atoms with Crippen LogP contribution in [-0.2, 0) is 24.4 Å². The van der Waals surface area contributed by atoms with Gasteiger partial charge in [-0.1, -0.05) is 0 Å². The lowest BCUT2D eigenvalue weighted by Crippen LogP contribution is -2.33. The Morgan fingerprint density at radius 2 is 2.18 bits per heavy atom. The van der Waals surface area contributed by atoms with Crippen molar-refractivity contribution < 1.29 is 9.53 Å². The van der Waals surface area contributed by atoms with Gasteiger partial charge in [0.15, 0.2) is 0 Å². The molecular formula is C12H19N3O2. The number of carbonyl (C=O) groups is 1. The molecule has 17 heavy (non-hydrogen) atoms. The van der Waals surface area contributed by atoms with Gasteiger partial charge in [-0.05, 0) is 27.7 Å². The van der Waals surface area contributed by atoms with Crippen molar-refractivity contribution in [2.24, 2.45) is 0 Å². The van der Waals surface area contributed by atoms with Crippen LogP contribution in [0.4, 0.5) is 4.79 Å². The molecule has 0 atom stereocenters. The SMILES string of the molecule is CCn1cc2c(n1)CN(C(=O)OC(C)(C)C)C2. The van der Waals surface area contributed by atoms with Gasteiger partial charge < -0.3 is 4.74 Å². The lowest BCUT2D eigenvalue weighted by atomic mass is 10.2. The van der Waals surface area contributed by atoms with Crippen LogP contribution in [0.15, 0.2) is 6.20 Å². The van der Waals surface area contributed by atoms with E-state index < -0.39 is 5.60 Å². The summed E-state index contributed by atoms with van der Waals surface area (Å²) >= 11 is 0. The Hall–Kier alpha value is -1.52. The normalized spacial score (nSPS) is 14.9. The van der Waals surface area contributed by atoms with Gasteiger partial charge in [0.05, 0.1) is 18.8 Å². The number of aromatic nitrogens is 2. The van der Waals surface area contributed by atoms with Crippen LogP contribution in [0.3, 0.4) is 0 Å². The summed E-state index contributed by atoms with van der Waals surface area (Å²) in [7, 11) is 0. The van der Waals surface area contributed by atoms with Gasteiger partial charge >= 0.3 is 6.09 Å². The van der Waals surface area contributed by atoms with E-state index in [-0.39, 0.29) is 6.09 Å². The second-order valence-corrected chi connectivity index (χ2v) is 5.29. The zero-order valence-electron chi connectivity index (χ0n) is 10.9. The van der Waals surface area contributed by atoms with Gasteiger partial charge in [-0.2, -0.15) is 5.10 Å². The summed E-state index contributed by atoms with van der Waals surface area (Å²) in [5.41, 5.74) is 1.66. The van der Waals surface area contributed by atoms with Crippen molar-refractivity contribution in [3.05, 3.63) is 17.5 Å². The number of nitrogens with zero attached hydrogens (tertiary/aromatic N) is 3. The Bertz CT molecular complexity index is 408. The molecule has 1 aliphatic heterocycles. The van der Waals surface area contributed by atoms with E-state index in [1.807, 2.05) is 38.6 Å². The predicted molar refractivity (Wildman–Crippen MR) is 63.4 cm³/mol. The molecule has 0 spiro atoms. The van der Waals surface area contributed by atoms with Crippen LogP contribution < -0.4 is 0 Å². The maximum atomic E-state index is 11.9. The first-order valence-corrected chi connectivity index (χ1v) is 5.92. The van der Waals surface area contributed by atoms with Crippen molar-refractivity contribution in [3.63, 3.8) is 0 Å². The maximum absolute atomic E-state index is 11.9. The topological polar surface area (TPSA) is 47.4 Å². The molecule has 0 saturated heterocycles. The number of aryl methyl sites for hydroxylation is 1. The minimum Gasteiger partial charge on any atom is -0.444 e. The second-order valence-electron chi connectivity index (χ2n) is 5.29. The van der Waals surface area contributed by atoms with Crippen LogP contribution >= 0.6 is 0 Å². The third-order valence-corrected chi connectivity index (χ3v) is 2.60. The third-order valence-electron chi connectivity index (χ3n) is 2.60. The lowest BCUT2D eigenvalue weighted by molar-refractivity contribution is 0.0239. The Morgan fingerprint density at radius 1 is 1.47 bits per heavy atom. The van der Waals surface area contributed by atoms with Gasteiger partial charge in [0, 0.05) is 18.3 Å². The summed E-state index contributed by atoms with van der Waals surface area (Å²) in [6.45, 7) is 9.68. The van der Waals surface area contributed by atoms with Crippen LogP contribution in [0.2, 0.25) is 0 Å². The standard InChI is InChI=1S/C12H19N3O2/c1-5-15-7-9-6-14(8-10(9)13-15)11(16)17-12(2,3)4/h7H,5-6,8H2,1-4H3. The molecule has 2 rings (SSSR count). The quantitative estimate of drug-likeness (QED) is 0.752. The van der Waals surface area contributed by atoms with Gasteiger partial charge in [-0.15, -0.1) is 0 Å². The van der Waals surface area contributed by atoms with E-state index in [9.17, 15) is 4.79 Å². The van der Waals surface area contributed by atoms with Crippen LogP contribution in [0.5, 0.6) is 0 Å². The fraction of sp³-hybridized carbons (Fsp3) is 0.667. The molecule has 5 heteroatoms. The Balaban J connectivity index is 2.00. The number of amides is 1. The van der Waals surface area contributed by atoms with E-state index >= 15 is 0 Å². The van der Waals surface area contributed by atoms with Crippen LogP contribution in [-0.4, -0.2) is 26.4 Å². The number of ether oxygens (including phenoxy) is 1. The van der Waals surface area contributed by atoms with Crippen LogP contribution in [0, 0.1) is 0 Å². The van der Waals surface area contributed by atoms with E-state index in [0.717, 1.165) is 17.8 Å². The number of carbonyl (C=O) groups excluding carboxylic acids is 1. The summed E-state index contributed by atoms with van der Waals surface area (Å²) in [6, 6.07) is 0. The molecule has 0 radical (unpaired) electrons. The van der Waals surface area contributed by atoms with Crippen molar-refractivity contribution in [1.29, 1.82) is 0 Å².